The molecule has 0 amide bonds. The van der Waals surface area contributed by atoms with Gasteiger partial charge in [-0.25, -0.2) is 4.98 Å². The molecule has 0 spiro atoms. The van der Waals surface area contributed by atoms with Crippen LogP contribution in [0.25, 0.3) is 44.1 Å². The summed E-state index contributed by atoms with van der Waals surface area (Å²) in [6.07, 6.45) is 4.80. The Morgan fingerprint density at radius 2 is 1.75 bits per heavy atom. The van der Waals surface area contributed by atoms with Gasteiger partial charge in [-0.2, -0.15) is 0 Å². The molecule has 36 heavy (non-hydrogen) atoms. The van der Waals surface area contributed by atoms with Crippen LogP contribution in [0.3, 0.4) is 0 Å². The van der Waals surface area contributed by atoms with Crippen molar-refractivity contribution in [2.45, 2.75) is 73.1 Å². The summed E-state index contributed by atoms with van der Waals surface area (Å²) < 4.78 is 6.42. The largest absolute Gasteiger partial charge is 0.437 e. The van der Waals surface area contributed by atoms with Gasteiger partial charge in [0.2, 0.25) is 5.71 Å². The third-order valence-corrected chi connectivity index (χ3v) is 7.94. The average Bonchev–Trinajstić information content (AvgIpc) is 3.36. The molecule has 3 heteroatoms. The lowest BCUT2D eigenvalue weighted by Gasteiger charge is -2.18. The maximum Gasteiger partial charge on any atom is 0.227 e. The van der Waals surface area contributed by atoms with E-state index in [9.17, 15) is 0 Å². The molecule has 2 aromatic carbocycles. The summed E-state index contributed by atoms with van der Waals surface area (Å²) in [6.45, 7) is 13.5. The van der Waals surface area contributed by atoms with Crippen LogP contribution in [0, 0.1) is 25.2 Å². The maximum absolute atomic E-state index is 6.42. The first-order valence-electron chi connectivity index (χ1n) is 13.4. The molecular formula is C33H36N2O. The number of rotatable bonds is 4. The lowest BCUT2D eigenvalue weighted by atomic mass is 9.87. The predicted molar refractivity (Wildman–Crippen MR) is 151 cm³/mol. The second-order valence-corrected chi connectivity index (χ2v) is 12.2. The van der Waals surface area contributed by atoms with E-state index < -0.39 is 0 Å². The molecule has 1 fully saturated rings. The number of nitrogens with zero attached hydrogens (tertiary/aromatic N) is 2. The van der Waals surface area contributed by atoms with Crippen LogP contribution >= 0.6 is 0 Å². The highest BCUT2D eigenvalue weighted by atomic mass is 16.3. The quantitative estimate of drug-likeness (QED) is 0.259. The number of benzene rings is 2. The van der Waals surface area contributed by atoms with Gasteiger partial charge in [0.05, 0.1) is 5.69 Å². The second kappa shape index (κ2) is 8.44. The van der Waals surface area contributed by atoms with Gasteiger partial charge in [0.15, 0.2) is 0 Å². The number of pyridine rings is 2. The molecule has 1 aliphatic carbocycles. The molecule has 0 N–H and O–H groups in total. The molecule has 0 bridgehead atoms. The molecule has 184 valence electrons. The van der Waals surface area contributed by atoms with E-state index in [2.05, 4.69) is 88.1 Å². The molecule has 1 unspecified atom stereocenters. The second-order valence-electron chi connectivity index (χ2n) is 12.2. The van der Waals surface area contributed by atoms with Crippen molar-refractivity contribution in [1.29, 1.82) is 0 Å². The lowest BCUT2D eigenvalue weighted by Crippen LogP contribution is -2.04. The van der Waals surface area contributed by atoms with E-state index in [1.165, 1.54) is 41.2 Å². The maximum atomic E-state index is 6.42. The Morgan fingerprint density at radius 3 is 2.50 bits per heavy atom. The van der Waals surface area contributed by atoms with E-state index in [4.69, 9.17) is 9.40 Å². The number of aryl methyl sites for hydroxylation is 2. The van der Waals surface area contributed by atoms with E-state index in [1.807, 2.05) is 6.92 Å². The standard InChI is InChI=1S/C33H36N2O/c1-19(2)13-25-17-24-16-22(23-11-12-33(5,6)18-23)8-10-26(24)30(35-25)29-15-20(3)14-28-27-9-7-21(4)34-32(27)36-31(28)29/h7-10,14-17,19,23H,11-13,18H2,1-6H3. The summed E-state index contributed by atoms with van der Waals surface area (Å²) >= 11 is 0. The molecule has 5 aromatic rings. The van der Waals surface area contributed by atoms with Gasteiger partial charge in [-0.3, -0.25) is 4.98 Å². The van der Waals surface area contributed by atoms with Crippen molar-refractivity contribution in [1.82, 2.24) is 9.97 Å². The highest BCUT2D eigenvalue weighted by Gasteiger charge is 2.32. The predicted octanol–water partition coefficient (Wildman–Crippen LogP) is 9.31. The van der Waals surface area contributed by atoms with Crippen molar-refractivity contribution in [3.63, 3.8) is 0 Å². The zero-order chi connectivity index (χ0) is 25.2. The molecule has 3 aromatic heterocycles. The Labute approximate surface area is 214 Å². The Balaban J connectivity index is 1.59. The zero-order valence-electron chi connectivity index (χ0n) is 22.4. The van der Waals surface area contributed by atoms with E-state index in [0.717, 1.165) is 45.4 Å². The molecule has 3 nitrogen and oxygen atoms in total. The molecule has 0 radical (unpaired) electrons. The van der Waals surface area contributed by atoms with Crippen LogP contribution in [0.2, 0.25) is 0 Å². The van der Waals surface area contributed by atoms with Crippen molar-refractivity contribution in [3.8, 4) is 11.3 Å². The van der Waals surface area contributed by atoms with Gasteiger partial charge >= 0.3 is 0 Å². The number of furan rings is 1. The van der Waals surface area contributed by atoms with Gasteiger partial charge in [0.1, 0.15) is 5.58 Å². The van der Waals surface area contributed by atoms with Crippen molar-refractivity contribution in [2.24, 2.45) is 11.3 Å². The molecule has 3 heterocycles. The topological polar surface area (TPSA) is 38.9 Å². The van der Waals surface area contributed by atoms with Crippen molar-refractivity contribution in [2.75, 3.05) is 0 Å². The van der Waals surface area contributed by atoms with Crippen molar-refractivity contribution in [3.05, 3.63) is 71.0 Å². The number of hydrogen-bond acceptors (Lipinski definition) is 3. The fourth-order valence-electron chi connectivity index (χ4n) is 6.21. The minimum Gasteiger partial charge on any atom is -0.437 e. The van der Waals surface area contributed by atoms with Gasteiger partial charge in [-0.05, 0) is 104 Å². The summed E-state index contributed by atoms with van der Waals surface area (Å²) in [5.74, 6) is 1.18. The summed E-state index contributed by atoms with van der Waals surface area (Å²) in [5.41, 5.74) is 8.88. The summed E-state index contributed by atoms with van der Waals surface area (Å²) in [6, 6.07) is 18.0. The summed E-state index contributed by atoms with van der Waals surface area (Å²) in [4.78, 5) is 9.94. The highest BCUT2D eigenvalue weighted by molar-refractivity contribution is 6.11. The van der Waals surface area contributed by atoms with E-state index in [-0.39, 0.29) is 0 Å². The molecule has 0 aliphatic heterocycles. The van der Waals surface area contributed by atoms with Gasteiger partial charge in [-0.15, -0.1) is 0 Å². The van der Waals surface area contributed by atoms with E-state index in [0.29, 0.717) is 23.0 Å². The van der Waals surface area contributed by atoms with Crippen LogP contribution in [0.5, 0.6) is 0 Å². The van der Waals surface area contributed by atoms with Gasteiger partial charge in [0, 0.05) is 33.1 Å². The zero-order valence-corrected chi connectivity index (χ0v) is 22.4. The molecule has 1 saturated carbocycles. The van der Waals surface area contributed by atoms with Crippen LogP contribution in [-0.4, -0.2) is 9.97 Å². The molecular weight excluding hydrogens is 440 g/mol. The van der Waals surface area contributed by atoms with Crippen LogP contribution < -0.4 is 0 Å². The van der Waals surface area contributed by atoms with Crippen molar-refractivity contribution < 1.29 is 4.42 Å². The van der Waals surface area contributed by atoms with Crippen molar-refractivity contribution >= 4 is 32.8 Å². The first-order valence-corrected chi connectivity index (χ1v) is 13.4. The number of aromatic nitrogens is 2. The molecule has 6 rings (SSSR count). The fraction of sp³-hybridized carbons (Fsp3) is 0.394. The van der Waals surface area contributed by atoms with E-state index >= 15 is 0 Å². The van der Waals surface area contributed by atoms with Gasteiger partial charge < -0.3 is 4.42 Å². The van der Waals surface area contributed by atoms with Crippen LogP contribution in [0.15, 0.2) is 52.9 Å². The number of fused-ring (bicyclic) bond motifs is 4. The van der Waals surface area contributed by atoms with Crippen LogP contribution in [-0.2, 0) is 6.42 Å². The normalized spacial score (nSPS) is 17.7. The highest BCUT2D eigenvalue weighted by Crippen LogP contribution is 2.47. The third kappa shape index (κ3) is 4.09. The van der Waals surface area contributed by atoms with Crippen LogP contribution in [0.4, 0.5) is 0 Å². The number of hydrogen-bond donors (Lipinski definition) is 0. The fourth-order valence-corrected chi connectivity index (χ4v) is 6.21. The first-order chi connectivity index (χ1) is 17.2. The Morgan fingerprint density at radius 1 is 0.944 bits per heavy atom. The molecule has 0 saturated heterocycles. The summed E-state index contributed by atoms with van der Waals surface area (Å²) in [7, 11) is 0. The Bertz CT molecular complexity index is 1620. The minimum atomic E-state index is 0.437. The summed E-state index contributed by atoms with van der Waals surface area (Å²) in [5, 5.41) is 4.66. The SMILES string of the molecule is Cc1cc(-c2nc(CC(C)C)cc3cc(C4CCC(C)(C)C4)ccc23)c2oc3nc(C)ccc3c2c1. The lowest BCUT2D eigenvalue weighted by molar-refractivity contribution is 0.376. The van der Waals surface area contributed by atoms with Gasteiger partial charge in [-0.1, -0.05) is 45.9 Å². The Kier molecular flexibility index (Phi) is 5.44. The van der Waals surface area contributed by atoms with Gasteiger partial charge in [0.25, 0.3) is 0 Å². The van der Waals surface area contributed by atoms with E-state index in [1.54, 1.807) is 0 Å². The average molecular weight is 477 g/mol. The third-order valence-electron chi connectivity index (χ3n) is 7.94. The monoisotopic (exact) mass is 476 g/mol. The van der Waals surface area contributed by atoms with Crippen LogP contribution in [0.1, 0.15) is 75.4 Å². The Hall–Kier alpha value is -3.20. The molecule has 1 atom stereocenters. The first kappa shape index (κ1) is 23.2. The smallest absolute Gasteiger partial charge is 0.227 e. The minimum absolute atomic E-state index is 0.437. The molecule has 1 aliphatic rings.